The van der Waals surface area contributed by atoms with Crippen LogP contribution in [-0.2, 0) is 6.54 Å². The van der Waals surface area contributed by atoms with Crippen molar-refractivity contribution in [3.8, 4) is 0 Å². The van der Waals surface area contributed by atoms with Gasteiger partial charge < -0.3 is 10.4 Å². The van der Waals surface area contributed by atoms with Crippen LogP contribution in [0.4, 0.5) is 0 Å². The fraction of sp³-hybridized carbons (Fsp3) is 0.385. The molecule has 2 N–H and O–H groups in total. The van der Waals surface area contributed by atoms with E-state index in [1.54, 1.807) is 11.3 Å². The zero-order valence-electron chi connectivity index (χ0n) is 9.66. The molecule has 0 aliphatic carbocycles. The van der Waals surface area contributed by atoms with Crippen molar-refractivity contribution in [1.82, 2.24) is 5.32 Å². The number of aliphatic hydroxyl groups is 1. The van der Waals surface area contributed by atoms with Gasteiger partial charge in [0, 0.05) is 21.7 Å². The summed E-state index contributed by atoms with van der Waals surface area (Å²) in [5.41, 5.74) is -0.212. The first kappa shape index (κ1) is 11.6. The number of hydrogen-bond donors (Lipinski definition) is 2. The Bertz CT molecular complexity index is 442. The molecule has 0 bridgehead atoms. The molecule has 1 aromatic carbocycles. The molecule has 0 saturated carbocycles. The summed E-state index contributed by atoms with van der Waals surface area (Å²) in [6.07, 6.45) is 0. The summed E-state index contributed by atoms with van der Waals surface area (Å²) in [4.78, 5) is 1.31. The summed E-state index contributed by atoms with van der Waals surface area (Å²) in [6, 6.07) is 10.6. The van der Waals surface area contributed by atoms with Crippen molar-refractivity contribution < 1.29 is 5.11 Å². The molecule has 0 amide bonds. The zero-order valence-corrected chi connectivity index (χ0v) is 10.5. The highest BCUT2D eigenvalue weighted by atomic mass is 32.1. The van der Waals surface area contributed by atoms with Gasteiger partial charge in [0.2, 0.25) is 0 Å². The fourth-order valence-corrected chi connectivity index (χ4v) is 2.51. The first-order chi connectivity index (χ1) is 7.61. The smallest absolute Gasteiger partial charge is 0.0607 e. The second-order valence-corrected chi connectivity index (χ2v) is 5.81. The lowest BCUT2D eigenvalue weighted by atomic mass is 10.1. The minimum Gasteiger partial charge on any atom is -0.394 e. The van der Waals surface area contributed by atoms with Crippen LogP contribution in [0.5, 0.6) is 0 Å². The first-order valence-electron chi connectivity index (χ1n) is 5.44. The second kappa shape index (κ2) is 4.53. The predicted octanol–water partition coefficient (Wildman–Crippen LogP) is 2.76. The van der Waals surface area contributed by atoms with Gasteiger partial charge in [-0.1, -0.05) is 18.2 Å². The summed E-state index contributed by atoms with van der Waals surface area (Å²) in [7, 11) is 0. The van der Waals surface area contributed by atoms with E-state index in [0.29, 0.717) is 0 Å². The lowest BCUT2D eigenvalue weighted by Gasteiger charge is -2.22. The largest absolute Gasteiger partial charge is 0.394 e. The van der Waals surface area contributed by atoms with E-state index in [2.05, 4.69) is 35.6 Å². The molecular formula is C13H17NOS. The molecule has 0 fully saturated rings. The Hall–Kier alpha value is -0.900. The fourth-order valence-electron chi connectivity index (χ4n) is 1.51. The Labute approximate surface area is 99.9 Å². The number of nitrogens with one attached hydrogen (secondary N) is 1. The maximum atomic E-state index is 9.15. The summed E-state index contributed by atoms with van der Waals surface area (Å²) in [6.45, 7) is 4.96. The Balaban J connectivity index is 2.10. The number of fused-ring (bicyclic) bond motifs is 1. The number of hydrogen-bond acceptors (Lipinski definition) is 3. The molecule has 0 aliphatic heterocycles. The van der Waals surface area contributed by atoms with Crippen LogP contribution in [0.15, 0.2) is 30.3 Å². The van der Waals surface area contributed by atoms with Crippen LogP contribution in [0.25, 0.3) is 10.1 Å². The van der Waals surface area contributed by atoms with Crippen LogP contribution < -0.4 is 5.32 Å². The van der Waals surface area contributed by atoms with Crippen LogP contribution in [0, 0.1) is 0 Å². The zero-order chi connectivity index (χ0) is 11.6. The van der Waals surface area contributed by atoms with E-state index in [1.807, 2.05) is 13.8 Å². The third kappa shape index (κ3) is 2.61. The Kier molecular flexibility index (Phi) is 3.28. The molecule has 1 heterocycles. The van der Waals surface area contributed by atoms with Crippen LogP contribution in [0.3, 0.4) is 0 Å². The number of thiophene rings is 1. The van der Waals surface area contributed by atoms with Crippen LogP contribution >= 0.6 is 11.3 Å². The van der Waals surface area contributed by atoms with Gasteiger partial charge in [-0.2, -0.15) is 0 Å². The molecule has 86 valence electrons. The van der Waals surface area contributed by atoms with Crippen molar-refractivity contribution in [1.29, 1.82) is 0 Å². The monoisotopic (exact) mass is 235 g/mol. The lowest BCUT2D eigenvalue weighted by Crippen LogP contribution is -2.41. The topological polar surface area (TPSA) is 32.3 Å². The van der Waals surface area contributed by atoms with E-state index in [-0.39, 0.29) is 12.1 Å². The molecule has 16 heavy (non-hydrogen) atoms. The standard InChI is InChI=1S/C13H17NOS/c1-13(2,9-15)14-8-11-7-10-5-3-4-6-12(10)16-11/h3-7,14-15H,8-9H2,1-2H3. The predicted molar refractivity (Wildman–Crippen MR) is 69.8 cm³/mol. The average Bonchev–Trinajstić information content (AvgIpc) is 2.69. The first-order valence-corrected chi connectivity index (χ1v) is 6.26. The van der Waals surface area contributed by atoms with E-state index < -0.39 is 0 Å². The Morgan fingerprint density at radius 2 is 2.06 bits per heavy atom. The van der Waals surface area contributed by atoms with E-state index in [1.165, 1.54) is 15.0 Å². The molecule has 0 aliphatic rings. The Morgan fingerprint density at radius 3 is 2.75 bits per heavy atom. The molecule has 2 rings (SSSR count). The van der Waals surface area contributed by atoms with Gasteiger partial charge in [-0.25, -0.2) is 0 Å². The highest BCUT2D eigenvalue weighted by Crippen LogP contribution is 2.25. The second-order valence-electron chi connectivity index (χ2n) is 4.65. The van der Waals surface area contributed by atoms with Crippen molar-refractivity contribution in [2.45, 2.75) is 25.9 Å². The molecular weight excluding hydrogens is 218 g/mol. The van der Waals surface area contributed by atoms with Crippen molar-refractivity contribution in [3.63, 3.8) is 0 Å². The summed E-state index contributed by atoms with van der Waals surface area (Å²) in [5.74, 6) is 0. The summed E-state index contributed by atoms with van der Waals surface area (Å²) < 4.78 is 1.32. The highest BCUT2D eigenvalue weighted by molar-refractivity contribution is 7.19. The summed E-state index contributed by atoms with van der Waals surface area (Å²) in [5, 5.41) is 13.8. The van der Waals surface area contributed by atoms with Gasteiger partial charge in [0.25, 0.3) is 0 Å². The normalized spacial score (nSPS) is 12.2. The number of benzene rings is 1. The minimum absolute atomic E-state index is 0.151. The molecule has 2 aromatic rings. The highest BCUT2D eigenvalue weighted by Gasteiger charge is 2.15. The van der Waals surface area contributed by atoms with Gasteiger partial charge in [-0.15, -0.1) is 11.3 Å². The molecule has 0 saturated heterocycles. The van der Waals surface area contributed by atoms with Crippen molar-refractivity contribution in [2.24, 2.45) is 0 Å². The molecule has 2 nitrogen and oxygen atoms in total. The van der Waals surface area contributed by atoms with Gasteiger partial charge in [-0.3, -0.25) is 0 Å². The van der Waals surface area contributed by atoms with Crippen LogP contribution in [0.2, 0.25) is 0 Å². The van der Waals surface area contributed by atoms with Gasteiger partial charge in [0.15, 0.2) is 0 Å². The van der Waals surface area contributed by atoms with Gasteiger partial charge in [-0.05, 0) is 31.4 Å². The Morgan fingerprint density at radius 1 is 1.31 bits per heavy atom. The molecule has 0 radical (unpaired) electrons. The van der Waals surface area contributed by atoms with Crippen LogP contribution in [0.1, 0.15) is 18.7 Å². The number of rotatable bonds is 4. The third-order valence-corrected chi connectivity index (χ3v) is 3.73. The van der Waals surface area contributed by atoms with E-state index in [0.717, 1.165) is 6.54 Å². The molecule has 1 aromatic heterocycles. The molecule has 0 unspecified atom stereocenters. The van der Waals surface area contributed by atoms with E-state index in [4.69, 9.17) is 5.11 Å². The summed E-state index contributed by atoms with van der Waals surface area (Å²) >= 11 is 1.80. The maximum absolute atomic E-state index is 9.15. The van der Waals surface area contributed by atoms with Gasteiger partial charge in [0.05, 0.1) is 6.61 Å². The van der Waals surface area contributed by atoms with Crippen molar-refractivity contribution >= 4 is 21.4 Å². The van der Waals surface area contributed by atoms with E-state index >= 15 is 0 Å². The lowest BCUT2D eigenvalue weighted by molar-refractivity contribution is 0.188. The van der Waals surface area contributed by atoms with Gasteiger partial charge >= 0.3 is 0 Å². The molecule has 0 atom stereocenters. The van der Waals surface area contributed by atoms with Crippen molar-refractivity contribution in [3.05, 3.63) is 35.2 Å². The quantitative estimate of drug-likeness (QED) is 0.854. The maximum Gasteiger partial charge on any atom is 0.0607 e. The van der Waals surface area contributed by atoms with Crippen molar-refractivity contribution in [2.75, 3.05) is 6.61 Å². The third-order valence-electron chi connectivity index (χ3n) is 2.61. The molecule has 0 spiro atoms. The SMILES string of the molecule is CC(C)(CO)NCc1cc2ccccc2s1. The van der Waals surface area contributed by atoms with Gasteiger partial charge in [0.1, 0.15) is 0 Å². The minimum atomic E-state index is -0.212. The van der Waals surface area contributed by atoms with E-state index in [9.17, 15) is 0 Å². The number of aliphatic hydroxyl groups excluding tert-OH is 1. The van der Waals surface area contributed by atoms with Crippen LogP contribution in [-0.4, -0.2) is 17.3 Å². The molecule has 3 heteroatoms. The average molecular weight is 235 g/mol.